The molecule has 0 fully saturated rings. The Hall–Kier alpha value is -5.24. The van der Waals surface area contributed by atoms with E-state index in [0.717, 1.165) is 11.1 Å². The number of nitrogens with two attached hydrogens (primary N) is 7. The molecule has 368 valence electrons. The minimum absolute atomic E-state index is 0.0208. The highest BCUT2D eigenvalue weighted by Gasteiger charge is 2.15. The largest absolute Gasteiger partial charge is 0.480 e. The normalized spacial score (nSPS) is 13.2. The van der Waals surface area contributed by atoms with E-state index >= 15 is 0 Å². The van der Waals surface area contributed by atoms with Crippen LogP contribution in [0.5, 0.6) is 0 Å². The van der Waals surface area contributed by atoms with E-state index < -0.39 is 90.7 Å². The van der Waals surface area contributed by atoms with Crippen molar-refractivity contribution in [3.05, 3.63) is 71.8 Å². The van der Waals surface area contributed by atoms with Gasteiger partial charge in [0.25, 0.3) is 0 Å². The monoisotopic (exact) mass is 935 g/mol. The average molecular weight is 936 g/mol. The van der Waals surface area contributed by atoms with Crippen molar-refractivity contribution in [2.75, 3.05) is 12.4 Å². The van der Waals surface area contributed by atoms with Crippen LogP contribution in [0.4, 0.5) is 0 Å². The maximum atomic E-state index is 10.4. The first-order chi connectivity index (χ1) is 29.4. The van der Waals surface area contributed by atoms with Crippen molar-refractivity contribution in [1.29, 1.82) is 0 Å². The zero-order chi connectivity index (χ0) is 51.3. The standard InChI is InChI=1S/2C9H11NO2.2C6H13NO2.C5H11NO2.C3H7NO3.C3H7NO2S/c2*10-8(9(11)12)6-7-4-2-1-3-5-7;2*1-4(2)3-5(7)6(8)9;1-3(2)4(6)5(7)8;4-2(1-5)3(6)7;4-2(1-7)3(5)6/h2*1-5,8H,6,10H2,(H,11,12);2*4-5H,3,7H2,1-2H3,(H,8,9);3-4H,6H2,1-2H3,(H,7,8);2,5H,1,4H2,(H,6,7);2,7H,1,4H2,(H,5,6). The molecule has 22 N–H and O–H groups in total. The Morgan fingerprint density at radius 1 is 0.438 bits per heavy atom. The topological polar surface area (TPSA) is 463 Å². The van der Waals surface area contributed by atoms with Gasteiger partial charge in [0, 0.05) is 5.75 Å². The van der Waals surface area contributed by atoms with E-state index in [1.807, 2.05) is 88.4 Å². The summed E-state index contributed by atoms with van der Waals surface area (Å²) < 4.78 is 0. The third-order valence-corrected chi connectivity index (χ3v) is 7.74. The SMILES string of the molecule is CC(C)C(N)C(=O)O.CC(C)CC(N)C(=O)O.CC(C)CC(N)C(=O)O.NC(CO)C(=O)O.NC(CS)C(=O)O.NC(Cc1ccccc1)C(=O)O.NC(Cc1ccccc1)C(=O)O. The van der Waals surface area contributed by atoms with Gasteiger partial charge in [-0.2, -0.15) is 12.6 Å². The first-order valence-electron chi connectivity index (χ1n) is 19.6. The van der Waals surface area contributed by atoms with Crippen molar-refractivity contribution in [3.63, 3.8) is 0 Å². The summed E-state index contributed by atoms with van der Waals surface area (Å²) in [5.41, 5.74) is 37.9. The Morgan fingerprint density at radius 2 is 0.703 bits per heavy atom. The molecular weight excluding hydrogens is 863 g/mol. The molecule has 22 nitrogen and oxygen atoms in total. The number of aliphatic carboxylic acids is 7. The number of hydrogen-bond acceptors (Lipinski definition) is 16. The molecule has 0 aliphatic rings. The smallest absolute Gasteiger partial charge is 0.322 e. The quantitative estimate of drug-likeness (QED) is 0.0871. The molecule has 0 aliphatic heterocycles. The molecule has 64 heavy (non-hydrogen) atoms. The zero-order valence-electron chi connectivity index (χ0n) is 37.2. The number of hydrogen-bond donors (Lipinski definition) is 16. The summed E-state index contributed by atoms with van der Waals surface area (Å²) in [5, 5.41) is 65.8. The Balaban J connectivity index is -0.000000214. The van der Waals surface area contributed by atoms with Gasteiger partial charge in [-0.3, -0.25) is 33.6 Å². The van der Waals surface area contributed by atoms with E-state index in [1.54, 1.807) is 13.8 Å². The Bertz CT molecular complexity index is 1470. The number of aliphatic hydroxyl groups excluding tert-OH is 1. The van der Waals surface area contributed by atoms with E-state index in [4.69, 9.17) is 81.0 Å². The van der Waals surface area contributed by atoms with Gasteiger partial charge in [0.15, 0.2) is 0 Å². The van der Waals surface area contributed by atoms with Gasteiger partial charge >= 0.3 is 41.8 Å². The fourth-order valence-electron chi connectivity index (χ4n) is 3.57. The number of benzene rings is 2. The number of thiol groups is 1. The first kappa shape index (κ1) is 67.8. The molecule has 0 saturated carbocycles. The lowest BCUT2D eigenvalue weighted by Gasteiger charge is -2.07. The van der Waals surface area contributed by atoms with Gasteiger partial charge in [0.2, 0.25) is 0 Å². The van der Waals surface area contributed by atoms with Crippen molar-refractivity contribution >= 4 is 54.4 Å². The maximum Gasteiger partial charge on any atom is 0.322 e. The van der Waals surface area contributed by atoms with Crippen LogP contribution in [0.15, 0.2) is 60.7 Å². The third kappa shape index (κ3) is 44.8. The van der Waals surface area contributed by atoms with Crippen molar-refractivity contribution < 1.29 is 74.4 Å². The molecule has 2 aromatic carbocycles. The van der Waals surface area contributed by atoms with Crippen LogP contribution >= 0.6 is 12.6 Å². The molecule has 0 saturated heterocycles. The molecule has 0 amide bonds. The van der Waals surface area contributed by atoms with Crippen LogP contribution in [0.25, 0.3) is 0 Å². The summed E-state index contributed by atoms with van der Waals surface area (Å²) in [5.74, 6) is -5.93. The van der Waals surface area contributed by atoms with Crippen LogP contribution in [-0.2, 0) is 46.4 Å². The fraction of sp³-hybridized carbons (Fsp3) is 0.537. The molecule has 7 atom stereocenters. The lowest BCUT2D eigenvalue weighted by molar-refractivity contribution is -0.140. The summed E-state index contributed by atoms with van der Waals surface area (Å²) in [6, 6.07) is 13.1. The highest BCUT2D eigenvalue weighted by molar-refractivity contribution is 7.80. The van der Waals surface area contributed by atoms with Crippen molar-refractivity contribution in [3.8, 4) is 0 Å². The van der Waals surface area contributed by atoms with Gasteiger partial charge < -0.3 is 81.0 Å². The predicted octanol–water partition coefficient (Wildman–Crippen LogP) is -0.0562. The van der Waals surface area contributed by atoms with Crippen LogP contribution in [0.2, 0.25) is 0 Å². The van der Waals surface area contributed by atoms with Crippen LogP contribution in [-0.4, -0.2) is 137 Å². The molecule has 7 unspecified atom stereocenters. The average Bonchev–Trinajstić information content (AvgIpc) is 3.21. The van der Waals surface area contributed by atoms with E-state index in [0.29, 0.717) is 37.5 Å². The van der Waals surface area contributed by atoms with Crippen LogP contribution in [0.3, 0.4) is 0 Å². The molecule has 0 aliphatic carbocycles. The summed E-state index contributed by atoms with van der Waals surface area (Å²) in [7, 11) is 0. The molecule has 0 radical (unpaired) electrons. The number of carboxylic acid groups (broad SMARTS) is 7. The van der Waals surface area contributed by atoms with E-state index in [9.17, 15) is 33.6 Å². The number of aliphatic hydroxyl groups is 1. The summed E-state index contributed by atoms with van der Waals surface area (Å²) in [6.45, 7) is 10.8. The minimum Gasteiger partial charge on any atom is -0.480 e. The summed E-state index contributed by atoms with van der Waals surface area (Å²) in [4.78, 5) is 70.4. The molecule has 23 heteroatoms. The van der Waals surface area contributed by atoms with Crippen LogP contribution in [0, 0.1) is 17.8 Å². The lowest BCUT2D eigenvalue weighted by Crippen LogP contribution is -2.34. The highest BCUT2D eigenvalue weighted by atomic mass is 32.1. The molecule has 2 aromatic rings. The summed E-state index contributed by atoms with van der Waals surface area (Å²) in [6.07, 6.45) is 1.87. The summed E-state index contributed by atoms with van der Waals surface area (Å²) >= 11 is 3.65. The van der Waals surface area contributed by atoms with Crippen LogP contribution in [0.1, 0.15) is 65.5 Å². The van der Waals surface area contributed by atoms with Gasteiger partial charge in [-0.05, 0) is 54.6 Å². The van der Waals surface area contributed by atoms with Gasteiger partial charge in [0.05, 0.1) is 6.61 Å². The second-order valence-electron chi connectivity index (χ2n) is 14.8. The van der Waals surface area contributed by atoms with Gasteiger partial charge in [0.1, 0.15) is 42.3 Å². The minimum atomic E-state index is -1.18. The Kier molecular flexibility index (Phi) is 43.0. The Morgan fingerprint density at radius 3 is 0.812 bits per heavy atom. The highest BCUT2D eigenvalue weighted by Crippen LogP contribution is 2.04. The van der Waals surface area contributed by atoms with Gasteiger partial charge in [-0.1, -0.05) is 102 Å². The number of carbonyl (C=O) groups is 7. The van der Waals surface area contributed by atoms with Crippen molar-refractivity contribution in [2.45, 2.75) is 110 Å². The Labute approximate surface area is 379 Å². The zero-order valence-corrected chi connectivity index (χ0v) is 38.1. The van der Waals surface area contributed by atoms with E-state index in [2.05, 4.69) is 12.6 Å². The molecule has 0 aromatic heterocycles. The van der Waals surface area contributed by atoms with Crippen LogP contribution < -0.4 is 40.1 Å². The molecular formula is C41H73N7O15S. The second-order valence-corrected chi connectivity index (χ2v) is 15.1. The maximum absolute atomic E-state index is 10.4. The lowest BCUT2D eigenvalue weighted by atomic mass is 10.1. The fourth-order valence-corrected chi connectivity index (χ4v) is 3.73. The first-order valence-corrected chi connectivity index (χ1v) is 20.2. The molecule has 2 rings (SSSR count). The number of carboxylic acids is 7. The van der Waals surface area contributed by atoms with E-state index in [1.165, 1.54) is 0 Å². The van der Waals surface area contributed by atoms with Crippen molar-refractivity contribution in [2.24, 2.45) is 57.9 Å². The van der Waals surface area contributed by atoms with Crippen molar-refractivity contribution in [1.82, 2.24) is 0 Å². The molecule has 0 spiro atoms. The molecule has 0 heterocycles. The molecule has 0 bridgehead atoms. The second kappa shape index (κ2) is 40.5. The number of rotatable bonds is 18. The van der Waals surface area contributed by atoms with Gasteiger partial charge in [-0.15, -0.1) is 0 Å². The third-order valence-electron chi connectivity index (χ3n) is 7.35. The van der Waals surface area contributed by atoms with Gasteiger partial charge in [-0.25, -0.2) is 0 Å². The van der Waals surface area contributed by atoms with E-state index in [-0.39, 0.29) is 11.7 Å². The predicted molar refractivity (Wildman–Crippen MR) is 244 cm³/mol.